The number of hydrogen-bond donors (Lipinski definition) is 1. The van der Waals surface area contributed by atoms with Gasteiger partial charge in [0, 0.05) is 29.9 Å². The van der Waals surface area contributed by atoms with Crippen molar-refractivity contribution in [3.63, 3.8) is 0 Å². The average Bonchev–Trinajstić information content (AvgIpc) is 3.12. The molecule has 1 fully saturated rings. The van der Waals surface area contributed by atoms with Gasteiger partial charge in [0.1, 0.15) is 5.82 Å². The Morgan fingerprint density at radius 2 is 2.38 bits per heavy atom. The summed E-state index contributed by atoms with van der Waals surface area (Å²) < 4.78 is 21.0. The molecule has 21 heavy (non-hydrogen) atoms. The van der Waals surface area contributed by atoms with Gasteiger partial charge >= 0.3 is 0 Å². The molecule has 6 heteroatoms. The minimum Gasteiger partial charge on any atom is -0.378 e. The van der Waals surface area contributed by atoms with E-state index >= 15 is 0 Å². The van der Waals surface area contributed by atoms with Crippen molar-refractivity contribution in [2.45, 2.75) is 32.0 Å². The summed E-state index contributed by atoms with van der Waals surface area (Å²) in [4.78, 5) is 0. The molecule has 1 atom stereocenters. The minimum atomic E-state index is -0.265. The lowest BCUT2D eigenvalue weighted by atomic mass is 10.2. The van der Waals surface area contributed by atoms with Gasteiger partial charge < -0.3 is 10.1 Å². The van der Waals surface area contributed by atoms with E-state index in [0.29, 0.717) is 17.1 Å². The predicted octanol–water partition coefficient (Wildman–Crippen LogP) is 3.47. The van der Waals surface area contributed by atoms with E-state index in [1.54, 1.807) is 18.3 Å². The van der Waals surface area contributed by atoms with E-state index in [4.69, 9.17) is 16.3 Å². The van der Waals surface area contributed by atoms with E-state index in [2.05, 4.69) is 10.4 Å². The third kappa shape index (κ3) is 3.74. The van der Waals surface area contributed by atoms with Crippen LogP contribution in [0.4, 0.5) is 10.1 Å². The van der Waals surface area contributed by atoms with E-state index < -0.39 is 0 Å². The van der Waals surface area contributed by atoms with Gasteiger partial charge in [0.15, 0.2) is 0 Å². The second-order valence-electron chi connectivity index (χ2n) is 5.18. The summed E-state index contributed by atoms with van der Waals surface area (Å²) in [5, 5.41) is 7.97. The number of hydrogen-bond acceptors (Lipinski definition) is 3. The fourth-order valence-corrected chi connectivity index (χ4v) is 2.62. The first-order chi connectivity index (χ1) is 10.2. The molecular formula is C15H17ClFN3O. The summed E-state index contributed by atoms with van der Waals surface area (Å²) in [6, 6.07) is 4.54. The monoisotopic (exact) mass is 309 g/mol. The van der Waals surface area contributed by atoms with Gasteiger partial charge in [-0.25, -0.2) is 4.39 Å². The molecule has 0 radical (unpaired) electrons. The quantitative estimate of drug-likeness (QED) is 0.919. The number of ether oxygens (including phenoxy) is 1. The molecule has 0 spiro atoms. The highest BCUT2D eigenvalue weighted by Gasteiger charge is 2.16. The number of nitrogens with one attached hydrogen (secondary N) is 1. The van der Waals surface area contributed by atoms with E-state index in [0.717, 1.165) is 31.7 Å². The number of halogens is 2. The molecule has 0 bridgehead atoms. The highest BCUT2D eigenvalue weighted by atomic mass is 35.5. The lowest BCUT2D eigenvalue weighted by Crippen LogP contribution is -2.15. The molecule has 1 aliphatic rings. The molecule has 1 aromatic heterocycles. The fourth-order valence-electron chi connectivity index (χ4n) is 2.43. The Bertz CT molecular complexity index is 611. The van der Waals surface area contributed by atoms with Crippen LogP contribution in [-0.4, -0.2) is 22.5 Å². The summed E-state index contributed by atoms with van der Waals surface area (Å²) in [5.41, 5.74) is 1.39. The molecule has 112 valence electrons. The smallest absolute Gasteiger partial charge is 0.128 e. The maximum absolute atomic E-state index is 13.6. The minimum absolute atomic E-state index is 0.253. The predicted molar refractivity (Wildman–Crippen MR) is 79.9 cm³/mol. The van der Waals surface area contributed by atoms with Crippen molar-refractivity contribution in [1.82, 2.24) is 9.78 Å². The lowest BCUT2D eigenvalue weighted by molar-refractivity contribution is 0.0940. The molecular weight excluding hydrogens is 293 g/mol. The SMILES string of the molecule is Fc1ccc(Cl)cc1CNc1cnn(C[C@H]2CCCO2)c1. The van der Waals surface area contributed by atoms with E-state index in [1.165, 1.54) is 6.07 Å². The second-order valence-corrected chi connectivity index (χ2v) is 5.61. The first-order valence-corrected chi connectivity index (χ1v) is 7.40. The average molecular weight is 310 g/mol. The summed E-state index contributed by atoms with van der Waals surface area (Å²) in [5.74, 6) is -0.265. The third-order valence-electron chi connectivity index (χ3n) is 3.54. The van der Waals surface area contributed by atoms with Crippen LogP contribution in [0.25, 0.3) is 0 Å². The van der Waals surface area contributed by atoms with E-state index in [1.807, 2.05) is 10.9 Å². The maximum Gasteiger partial charge on any atom is 0.128 e. The molecule has 2 aromatic rings. The fraction of sp³-hybridized carbons (Fsp3) is 0.400. The molecule has 0 amide bonds. The Balaban J connectivity index is 1.58. The number of benzene rings is 1. The molecule has 0 unspecified atom stereocenters. The van der Waals surface area contributed by atoms with Crippen LogP contribution in [0.3, 0.4) is 0 Å². The van der Waals surface area contributed by atoms with Gasteiger partial charge in [0.2, 0.25) is 0 Å². The Labute approximate surface area is 127 Å². The summed E-state index contributed by atoms with van der Waals surface area (Å²) >= 11 is 5.87. The van der Waals surface area contributed by atoms with Crippen LogP contribution < -0.4 is 5.32 Å². The molecule has 1 aromatic carbocycles. The number of anilines is 1. The highest BCUT2D eigenvalue weighted by Crippen LogP contribution is 2.18. The van der Waals surface area contributed by atoms with Crippen molar-refractivity contribution < 1.29 is 9.13 Å². The molecule has 3 rings (SSSR count). The van der Waals surface area contributed by atoms with Crippen molar-refractivity contribution in [3.05, 3.63) is 47.0 Å². The van der Waals surface area contributed by atoms with Crippen LogP contribution >= 0.6 is 11.6 Å². The molecule has 4 nitrogen and oxygen atoms in total. The van der Waals surface area contributed by atoms with Gasteiger partial charge in [-0.1, -0.05) is 11.6 Å². The van der Waals surface area contributed by atoms with Crippen LogP contribution in [0.15, 0.2) is 30.6 Å². The molecule has 2 heterocycles. The van der Waals surface area contributed by atoms with Crippen molar-refractivity contribution >= 4 is 17.3 Å². The molecule has 1 saturated heterocycles. The zero-order valence-electron chi connectivity index (χ0n) is 11.6. The van der Waals surface area contributed by atoms with Gasteiger partial charge in [-0.15, -0.1) is 0 Å². The van der Waals surface area contributed by atoms with Crippen molar-refractivity contribution in [1.29, 1.82) is 0 Å². The summed E-state index contributed by atoms with van der Waals surface area (Å²) in [6.45, 7) is 1.97. The first kappa shape index (κ1) is 14.4. The Morgan fingerprint density at radius 1 is 1.48 bits per heavy atom. The van der Waals surface area contributed by atoms with Crippen LogP contribution in [0.5, 0.6) is 0 Å². The zero-order chi connectivity index (χ0) is 14.7. The first-order valence-electron chi connectivity index (χ1n) is 7.02. The molecule has 0 aliphatic carbocycles. The maximum atomic E-state index is 13.6. The van der Waals surface area contributed by atoms with Crippen molar-refractivity contribution in [2.24, 2.45) is 0 Å². The van der Waals surface area contributed by atoms with Crippen LogP contribution in [-0.2, 0) is 17.8 Å². The normalized spacial score (nSPS) is 18.1. The summed E-state index contributed by atoms with van der Waals surface area (Å²) in [6.07, 6.45) is 6.09. The van der Waals surface area contributed by atoms with E-state index in [-0.39, 0.29) is 11.9 Å². The Morgan fingerprint density at radius 3 is 3.19 bits per heavy atom. The van der Waals surface area contributed by atoms with Crippen LogP contribution in [0.1, 0.15) is 18.4 Å². The van der Waals surface area contributed by atoms with Gasteiger partial charge in [-0.3, -0.25) is 4.68 Å². The summed E-state index contributed by atoms with van der Waals surface area (Å²) in [7, 11) is 0. The van der Waals surface area contributed by atoms with E-state index in [9.17, 15) is 4.39 Å². The van der Waals surface area contributed by atoms with Gasteiger partial charge in [-0.2, -0.15) is 5.10 Å². The Hall–Kier alpha value is -1.59. The molecule has 1 aliphatic heterocycles. The zero-order valence-corrected chi connectivity index (χ0v) is 12.3. The van der Waals surface area contributed by atoms with Gasteiger partial charge in [0.25, 0.3) is 0 Å². The number of nitrogens with zero attached hydrogens (tertiary/aromatic N) is 2. The Kier molecular flexibility index (Phi) is 4.41. The lowest BCUT2D eigenvalue weighted by Gasteiger charge is -2.08. The van der Waals surface area contributed by atoms with Crippen LogP contribution in [0, 0.1) is 5.82 Å². The van der Waals surface area contributed by atoms with Crippen molar-refractivity contribution in [3.8, 4) is 0 Å². The number of aromatic nitrogens is 2. The highest BCUT2D eigenvalue weighted by molar-refractivity contribution is 6.30. The van der Waals surface area contributed by atoms with Gasteiger partial charge in [-0.05, 0) is 31.0 Å². The second kappa shape index (κ2) is 6.45. The van der Waals surface area contributed by atoms with Crippen molar-refractivity contribution in [2.75, 3.05) is 11.9 Å². The third-order valence-corrected chi connectivity index (χ3v) is 3.77. The number of rotatable bonds is 5. The van der Waals surface area contributed by atoms with Crippen LogP contribution in [0.2, 0.25) is 5.02 Å². The topological polar surface area (TPSA) is 39.1 Å². The molecule has 1 N–H and O–H groups in total. The molecule has 0 saturated carbocycles. The largest absolute Gasteiger partial charge is 0.378 e. The van der Waals surface area contributed by atoms with Gasteiger partial charge in [0.05, 0.1) is 24.5 Å². The standard InChI is InChI=1S/C15H17ClFN3O/c16-12-3-4-15(17)11(6-12)7-18-13-8-19-20(9-13)10-14-2-1-5-21-14/h3-4,6,8-9,14,18H,1-2,5,7,10H2/t14-/m1/s1.